The molecule has 0 amide bonds. The maximum atomic E-state index is 5.62. The zero-order chi connectivity index (χ0) is 12.3. The Balaban J connectivity index is 2.00. The summed E-state index contributed by atoms with van der Waals surface area (Å²) in [6, 6.07) is 4.22. The summed E-state index contributed by atoms with van der Waals surface area (Å²) in [4.78, 5) is 6.78. The van der Waals surface area contributed by atoms with Crippen molar-refractivity contribution >= 4 is 0 Å². The van der Waals surface area contributed by atoms with E-state index < -0.39 is 0 Å². The molecule has 1 aliphatic heterocycles. The van der Waals surface area contributed by atoms with Crippen molar-refractivity contribution in [2.75, 3.05) is 13.1 Å². The summed E-state index contributed by atoms with van der Waals surface area (Å²) in [6.45, 7) is 8.67. The number of rotatable bonds is 3. The highest BCUT2D eigenvalue weighted by molar-refractivity contribution is 5.16. The van der Waals surface area contributed by atoms with E-state index in [0.29, 0.717) is 12.0 Å². The number of hydrogen-bond acceptors (Lipinski definition) is 3. The highest BCUT2D eigenvalue weighted by atomic mass is 15.1. The first-order chi connectivity index (χ1) is 8.09. The molecule has 2 N–H and O–H groups in total. The van der Waals surface area contributed by atoms with Gasteiger partial charge in [0.15, 0.2) is 0 Å². The van der Waals surface area contributed by atoms with Gasteiger partial charge in [0.2, 0.25) is 0 Å². The Bertz CT molecular complexity index is 373. The Labute approximate surface area is 104 Å². The molecule has 1 aromatic heterocycles. The molecule has 1 fully saturated rings. The van der Waals surface area contributed by atoms with Gasteiger partial charge in [-0.25, -0.2) is 0 Å². The van der Waals surface area contributed by atoms with Crippen LogP contribution < -0.4 is 5.73 Å². The van der Waals surface area contributed by atoms with Crippen LogP contribution in [0.2, 0.25) is 0 Å². The zero-order valence-corrected chi connectivity index (χ0v) is 10.9. The van der Waals surface area contributed by atoms with Crippen LogP contribution in [0.4, 0.5) is 0 Å². The summed E-state index contributed by atoms with van der Waals surface area (Å²) >= 11 is 0. The van der Waals surface area contributed by atoms with Crippen molar-refractivity contribution in [3.05, 3.63) is 29.6 Å². The first kappa shape index (κ1) is 12.5. The lowest BCUT2D eigenvalue weighted by Gasteiger charge is -2.38. The second-order valence-corrected chi connectivity index (χ2v) is 5.84. The predicted octanol–water partition coefficient (Wildman–Crippen LogP) is 2.16. The minimum atomic E-state index is 0.460. The third-order valence-electron chi connectivity index (χ3n) is 3.48. The fraction of sp³-hybridized carbons (Fsp3) is 0.643. The quantitative estimate of drug-likeness (QED) is 0.870. The van der Waals surface area contributed by atoms with Crippen molar-refractivity contribution in [1.29, 1.82) is 0 Å². The molecule has 0 atom stereocenters. The van der Waals surface area contributed by atoms with Crippen LogP contribution in [0.3, 0.4) is 0 Å². The molecule has 2 rings (SSSR count). The molecular formula is C14H23N3. The Morgan fingerprint density at radius 2 is 2.29 bits per heavy atom. The van der Waals surface area contributed by atoms with Crippen molar-refractivity contribution in [1.82, 2.24) is 9.88 Å². The highest BCUT2D eigenvalue weighted by Crippen LogP contribution is 2.29. The summed E-state index contributed by atoms with van der Waals surface area (Å²) in [7, 11) is 0. The van der Waals surface area contributed by atoms with Gasteiger partial charge in [0, 0.05) is 25.8 Å². The molecule has 0 aliphatic carbocycles. The molecular weight excluding hydrogens is 210 g/mol. The summed E-state index contributed by atoms with van der Waals surface area (Å²) < 4.78 is 0. The Morgan fingerprint density at radius 1 is 1.47 bits per heavy atom. The number of likely N-dealkylation sites (tertiary alicyclic amines) is 1. The van der Waals surface area contributed by atoms with Crippen LogP contribution in [0.5, 0.6) is 0 Å². The lowest BCUT2D eigenvalue weighted by molar-refractivity contribution is 0.111. The van der Waals surface area contributed by atoms with E-state index in [2.05, 4.69) is 35.9 Å². The summed E-state index contributed by atoms with van der Waals surface area (Å²) in [5, 5.41) is 0. The van der Waals surface area contributed by atoms with Crippen LogP contribution in [0, 0.1) is 5.41 Å². The first-order valence-electron chi connectivity index (χ1n) is 6.45. The topological polar surface area (TPSA) is 42.2 Å². The molecule has 1 aromatic rings. The van der Waals surface area contributed by atoms with Gasteiger partial charge in [0.25, 0.3) is 0 Å². The van der Waals surface area contributed by atoms with Gasteiger partial charge in [0.05, 0.1) is 5.69 Å². The zero-order valence-electron chi connectivity index (χ0n) is 10.9. The summed E-state index contributed by atoms with van der Waals surface area (Å²) in [5.41, 5.74) is 8.40. The fourth-order valence-electron chi connectivity index (χ4n) is 2.68. The van der Waals surface area contributed by atoms with E-state index in [9.17, 15) is 0 Å². The normalized spacial score (nSPS) is 20.4. The molecule has 0 spiro atoms. The highest BCUT2D eigenvalue weighted by Gasteiger charge is 2.26. The van der Waals surface area contributed by atoms with E-state index in [1.165, 1.54) is 31.5 Å². The van der Waals surface area contributed by atoms with Gasteiger partial charge in [-0.2, -0.15) is 0 Å². The Hall–Kier alpha value is -0.930. The lowest BCUT2D eigenvalue weighted by Crippen LogP contribution is -2.39. The molecule has 3 heteroatoms. The molecule has 17 heavy (non-hydrogen) atoms. The molecule has 0 radical (unpaired) electrons. The molecule has 0 aromatic carbocycles. The van der Waals surface area contributed by atoms with Gasteiger partial charge < -0.3 is 5.73 Å². The van der Waals surface area contributed by atoms with Crippen molar-refractivity contribution in [2.24, 2.45) is 11.1 Å². The van der Waals surface area contributed by atoms with E-state index in [0.717, 1.165) is 12.2 Å². The average molecular weight is 233 g/mol. The maximum absolute atomic E-state index is 5.62. The van der Waals surface area contributed by atoms with Gasteiger partial charge in [-0.3, -0.25) is 9.88 Å². The Morgan fingerprint density at radius 3 is 3.00 bits per heavy atom. The van der Waals surface area contributed by atoms with E-state index in [-0.39, 0.29) is 0 Å². The molecule has 1 saturated heterocycles. The summed E-state index contributed by atoms with van der Waals surface area (Å²) in [6.07, 6.45) is 4.52. The van der Waals surface area contributed by atoms with Crippen LogP contribution in [0.1, 0.15) is 37.9 Å². The van der Waals surface area contributed by atoms with Gasteiger partial charge in [0.1, 0.15) is 0 Å². The smallest absolute Gasteiger partial charge is 0.0542 e. The van der Waals surface area contributed by atoms with Gasteiger partial charge in [-0.15, -0.1) is 0 Å². The van der Waals surface area contributed by atoms with Crippen LogP contribution in [-0.4, -0.2) is 23.0 Å². The largest absolute Gasteiger partial charge is 0.325 e. The van der Waals surface area contributed by atoms with E-state index in [1.54, 1.807) is 0 Å². The number of nitrogens with two attached hydrogens (primary N) is 1. The second kappa shape index (κ2) is 5.15. The third-order valence-corrected chi connectivity index (χ3v) is 3.48. The van der Waals surface area contributed by atoms with Crippen LogP contribution in [0.15, 0.2) is 18.3 Å². The standard InChI is InChI=1S/C14H23N3/c1-14(2)5-3-7-17(11-14)10-12-4-6-16-13(8-12)9-15/h4,6,8H,3,5,7,9-11,15H2,1-2H3. The molecule has 0 unspecified atom stereocenters. The van der Waals surface area contributed by atoms with Gasteiger partial charge in [-0.05, 0) is 42.5 Å². The van der Waals surface area contributed by atoms with Crippen molar-refractivity contribution in [3.8, 4) is 0 Å². The number of pyridine rings is 1. The molecule has 94 valence electrons. The van der Waals surface area contributed by atoms with Crippen LogP contribution in [-0.2, 0) is 13.1 Å². The second-order valence-electron chi connectivity index (χ2n) is 5.84. The number of piperidine rings is 1. The number of hydrogen-bond donors (Lipinski definition) is 1. The number of nitrogens with zero attached hydrogens (tertiary/aromatic N) is 2. The summed E-state index contributed by atoms with van der Waals surface area (Å²) in [5.74, 6) is 0. The van der Waals surface area contributed by atoms with Crippen molar-refractivity contribution in [3.63, 3.8) is 0 Å². The first-order valence-corrected chi connectivity index (χ1v) is 6.45. The lowest BCUT2D eigenvalue weighted by atomic mass is 9.84. The predicted molar refractivity (Wildman–Crippen MR) is 70.4 cm³/mol. The fourth-order valence-corrected chi connectivity index (χ4v) is 2.68. The molecule has 0 bridgehead atoms. The SMILES string of the molecule is CC1(C)CCCN(Cc2ccnc(CN)c2)C1. The molecule has 0 saturated carbocycles. The minimum Gasteiger partial charge on any atom is -0.325 e. The van der Waals surface area contributed by atoms with E-state index in [4.69, 9.17) is 5.73 Å². The maximum Gasteiger partial charge on any atom is 0.0542 e. The third kappa shape index (κ3) is 3.51. The van der Waals surface area contributed by atoms with Crippen LogP contribution >= 0.6 is 0 Å². The molecule has 3 nitrogen and oxygen atoms in total. The van der Waals surface area contributed by atoms with E-state index >= 15 is 0 Å². The minimum absolute atomic E-state index is 0.460. The average Bonchev–Trinajstić information content (AvgIpc) is 2.28. The van der Waals surface area contributed by atoms with Crippen molar-refractivity contribution < 1.29 is 0 Å². The van der Waals surface area contributed by atoms with Gasteiger partial charge >= 0.3 is 0 Å². The Kier molecular flexibility index (Phi) is 3.79. The van der Waals surface area contributed by atoms with Crippen molar-refractivity contribution in [2.45, 2.75) is 39.8 Å². The number of aromatic nitrogens is 1. The molecule has 1 aliphatic rings. The monoisotopic (exact) mass is 233 g/mol. The van der Waals surface area contributed by atoms with Gasteiger partial charge in [-0.1, -0.05) is 13.8 Å². The van der Waals surface area contributed by atoms with Crippen LogP contribution in [0.25, 0.3) is 0 Å². The van der Waals surface area contributed by atoms with E-state index in [1.807, 2.05) is 6.20 Å². The molecule has 2 heterocycles.